The maximum absolute atomic E-state index is 11.1. The van der Waals surface area contributed by atoms with E-state index in [9.17, 15) is 4.79 Å². The number of aromatic nitrogens is 1. The lowest BCUT2D eigenvalue weighted by molar-refractivity contribution is -0.114. The van der Waals surface area contributed by atoms with Gasteiger partial charge in [0.2, 0.25) is 5.91 Å². The van der Waals surface area contributed by atoms with E-state index < -0.39 is 0 Å². The van der Waals surface area contributed by atoms with E-state index >= 15 is 0 Å². The molecule has 0 unspecified atom stereocenters. The minimum Gasteiger partial charge on any atom is -0.492 e. The van der Waals surface area contributed by atoms with Crippen molar-refractivity contribution < 1.29 is 14.1 Å². The molecule has 0 aliphatic rings. The van der Waals surface area contributed by atoms with Crippen LogP contribution >= 0.6 is 0 Å². The number of hydrogen-bond acceptors (Lipinski definition) is 5. The van der Waals surface area contributed by atoms with Crippen molar-refractivity contribution in [2.45, 2.75) is 46.1 Å². The third-order valence-electron chi connectivity index (χ3n) is 4.45. The van der Waals surface area contributed by atoms with E-state index in [1.807, 2.05) is 24.3 Å². The Hall–Kier alpha value is -3.03. The lowest BCUT2D eigenvalue weighted by Crippen LogP contribution is -2.38. The summed E-state index contributed by atoms with van der Waals surface area (Å²) in [5.41, 5.74) is 1.71. The average molecular weight is 402 g/mol. The zero-order chi connectivity index (χ0) is 21.1. The summed E-state index contributed by atoms with van der Waals surface area (Å²) in [5, 5.41) is 13.3. The summed E-state index contributed by atoms with van der Waals surface area (Å²) < 4.78 is 11.1. The second kappa shape index (κ2) is 11.7. The first-order chi connectivity index (χ1) is 14.0. The lowest BCUT2D eigenvalue weighted by atomic mass is 9.99. The van der Waals surface area contributed by atoms with Crippen LogP contribution in [0.5, 0.6) is 5.75 Å². The van der Waals surface area contributed by atoms with E-state index in [-0.39, 0.29) is 5.91 Å². The van der Waals surface area contributed by atoms with E-state index in [2.05, 4.69) is 39.9 Å². The Balaban J connectivity index is 1.73. The third-order valence-corrected chi connectivity index (χ3v) is 4.45. The number of hydrogen-bond donors (Lipinski definition) is 3. The van der Waals surface area contributed by atoms with Crippen LogP contribution in [0.4, 0.5) is 5.69 Å². The Labute approximate surface area is 172 Å². The van der Waals surface area contributed by atoms with Gasteiger partial charge in [-0.1, -0.05) is 25.1 Å². The highest BCUT2D eigenvalue weighted by atomic mass is 16.5. The first kappa shape index (κ1) is 22.3. The maximum atomic E-state index is 11.1. The van der Waals surface area contributed by atoms with Crippen molar-refractivity contribution in [3.05, 3.63) is 41.8 Å². The van der Waals surface area contributed by atoms with Gasteiger partial charge < -0.3 is 25.2 Å². The van der Waals surface area contributed by atoms with Crippen molar-refractivity contribution in [2.24, 2.45) is 4.99 Å². The molecule has 0 saturated carbocycles. The highest BCUT2D eigenvalue weighted by Crippen LogP contribution is 2.22. The average Bonchev–Trinajstić information content (AvgIpc) is 3.17. The molecule has 1 aromatic carbocycles. The smallest absolute Gasteiger partial charge is 0.221 e. The highest BCUT2D eigenvalue weighted by molar-refractivity contribution is 5.88. The van der Waals surface area contributed by atoms with Gasteiger partial charge >= 0.3 is 0 Å². The summed E-state index contributed by atoms with van der Waals surface area (Å²) in [6, 6.07) is 9.29. The van der Waals surface area contributed by atoms with Gasteiger partial charge in [0.05, 0.1) is 18.8 Å². The van der Waals surface area contributed by atoms with E-state index in [1.54, 1.807) is 13.1 Å². The van der Waals surface area contributed by atoms with E-state index in [0.717, 1.165) is 24.3 Å². The third kappa shape index (κ3) is 7.48. The van der Waals surface area contributed by atoms with E-state index in [0.29, 0.717) is 43.0 Å². The first-order valence-electron chi connectivity index (χ1n) is 9.96. The van der Waals surface area contributed by atoms with Crippen molar-refractivity contribution in [2.75, 3.05) is 25.5 Å². The van der Waals surface area contributed by atoms with Crippen LogP contribution < -0.4 is 20.7 Å². The summed E-state index contributed by atoms with van der Waals surface area (Å²) in [6.07, 6.45) is 2.10. The van der Waals surface area contributed by atoms with Gasteiger partial charge in [0.1, 0.15) is 12.4 Å². The van der Waals surface area contributed by atoms with Crippen molar-refractivity contribution in [3.8, 4) is 5.75 Å². The highest BCUT2D eigenvalue weighted by Gasteiger charge is 2.13. The molecular weight excluding hydrogens is 370 g/mol. The molecule has 0 aliphatic carbocycles. The van der Waals surface area contributed by atoms with Gasteiger partial charge in [0.25, 0.3) is 0 Å². The Morgan fingerprint density at radius 2 is 2.03 bits per heavy atom. The van der Waals surface area contributed by atoms with Crippen LogP contribution in [-0.4, -0.2) is 37.2 Å². The molecule has 2 rings (SSSR count). The molecule has 1 aromatic heterocycles. The Morgan fingerprint density at radius 1 is 1.24 bits per heavy atom. The summed E-state index contributed by atoms with van der Waals surface area (Å²) in [6.45, 7) is 7.31. The first-order valence-corrected chi connectivity index (χ1v) is 9.96. The van der Waals surface area contributed by atoms with E-state index in [4.69, 9.17) is 9.26 Å². The number of anilines is 1. The fourth-order valence-corrected chi connectivity index (χ4v) is 2.91. The molecule has 0 saturated heterocycles. The van der Waals surface area contributed by atoms with Crippen LogP contribution in [0.3, 0.4) is 0 Å². The van der Waals surface area contributed by atoms with Crippen LogP contribution in [0.15, 0.2) is 39.8 Å². The SMILES string of the molecule is CCC(CC)c1cc(CNC(=NC)NCCOc2cccc(NC(C)=O)c2)on1. The van der Waals surface area contributed by atoms with Gasteiger partial charge in [-0.2, -0.15) is 0 Å². The summed E-state index contributed by atoms with van der Waals surface area (Å²) in [4.78, 5) is 15.3. The number of aliphatic imine (C=N–C) groups is 1. The zero-order valence-electron chi connectivity index (χ0n) is 17.6. The Bertz CT molecular complexity index is 799. The minimum absolute atomic E-state index is 0.113. The fraction of sp³-hybridized carbons (Fsp3) is 0.476. The Morgan fingerprint density at radius 3 is 2.72 bits per heavy atom. The number of nitrogens with zero attached hydrogens (tertiary/aromatic N) is 2. The monoisotopic (exact) mass is 401 g/mol. The molecule has 158 valence electrons. The van der Waals surface area contributed by atoms with Crippen molar-refractivity contribution in [3.63, 3.8) is 0 Å². The molecule has 0 aliphatic heterocycles. The molecule has 8 nitrogen and oxygen atoms in total. The number of nitrogens with one attached hydrogen (secondary N) is 3. The normalized spacial score (nSPS) is 11.4. The lowest BCUT2D eigenvalue weighted by Gasteiger charge is -2.12. The molecule has 0 bridgehead atoms. The molecule has 3 N–H and O–H groups in total. The second-order valence-corrected chi connectivity index (χ2v) is 6.64. The van der Waals surface area contributed by atoms with Crippen molar-refractivity contribution in [1.29, 1.82) is 0 Å². The van der Waals surface area contributed by atoms with Gasteiger partial charge in [-0.15, -0.1) is 0 Å². The number of carbonyl (C=O) groups excluding carboxylic acids is 1. The van der Waals surface area contributed by atoms with Gasteiger partial charge in [0.15, 0.2) is 11.7 Å². The molecule has 0 fully saturated rings. The topological polar surface area (TPSA) is 101 Å². The molecule has 0 spiro atoms. The molecule has 1 amide bonds. The van der Waals surface area contributed by atoms with Crippen LogP contribution in [-0.2, 0) is 11.3 Å². The quantitative estimate of drug-likeness (QED) is 0.321. The van der Waals surface area contributed by atoms with Crippen LogP contribution in [0.1, 0.15) is 51.0 Å². The molecule has 0 radical (unpaired) electrons. The predicted octanol–water partition coefficient (Wildman–Crippen LogP) is 3.28. The summed E-state index contributed by atoms with van der Waals surface area (Å²) in [7, 11) is 1.71. The number of rotatable bonds is 10. The number of benzene rings is 1. The number of ether oxygens (including phenoxy) is 1. The molecule has 8 heteroatoms. The molecule has 0 atom stereocenters. The molecular formula is C21H31N5O3. The minimum atomic E-state index is -0.113. The van der Waals surface area contributed by atoms with Crippen LogP contribution in [0.25, 0.3) is 0 Å². The summed E-state index contributed by atoms with van der Waals surface area (Å²) >= 11 is 0. The number of amides is 1. The molecule has 2 aromatic rings. The predicted molar refractivity (Wildman–Crippen MR) is 114 cm³/mol. The summed E-state index contributed by atoms with van der Waals surface area (Å²) in [5.74, 6) is 2.45. The zero-order valence-corrected chi connectivity index (χ0v) is 17.6. The second-order valence-electron chi connectivity index (χ2n) is 6.64. The van der Waals surface area contributed by atoms with Crippen molar-refractivity contribution >= 4 is 17.6 Å². The Kier molecular flexibility index (Phi) is 9.01. The van der Waals surface area contributed by atoms with Crippen LogP contribution in [0, 0.1) is 0 Å². The standard InChI is InChI=1S/C21H31N5O3/c1-5-16(6-2)20-13-19(29-26-20)14-24-21(22-4)23-10-11-28-18-9-7-8-17(12-18)25-15(3)27/h7-9,12-13,16H,5-6,10-11,14H2,1-4H3,(H,25,27)(H2,22,23,24). The number of carbonyl (C=O) groups is 1. The van der Waals surface area contributed by atoms with Gasteiger partial charge in [-0.25, -0.2) is 0 Å². The van der Waals surface area contributed by atoms with Gasteiger partial charge in [-0.3, -0.25) is 9.79 Å². The van der Waals surface area contributed by atoms with Crippen molar-refractivity contribution in [1.82, 2.24) is 15.8 Å². The van der Waals surface area contributed by atoms with Crippen LogP contribution in [0.2, 0.25) is 0 Å². The number of guanidine groups is 1. The molecule has 1 heterocycles. The van der Waals surface area contributed by atoms with E-state index in [1.165, 1.54) is 6.92 Å². The molecule has 29 heavy (non-hydrogen) atoms. The van der Waals surface area contributed by atoms with Gasteiger partial charge in [-0.05, 0) is 25.0 Å². The maximum Gasteiger partial charge on any atom is 0.221 e. The largest absolute Gasteiger partial charge is 0.492 e. The van der Waals surface area contributed by atoms with Gasteiger partial charge in [0, 0.05) is 37.7 Å². The fourth-order valence-electron chi connectivity index (χ4n) is 2.91.